The van der Waals surface area contributed by atoms with Gasteiger partial charge in [0, 0.05) is 13.1 Å². The fourth-order valence-electron chi connectivity index (χ4n) is 1.04. The molecule has 0 atom stereocenters. The number of rotatable bonds is 1. The number of imide groups is 1. The van der Waals surface area contributed by atoms with Crippen molar-refractivity contribution in [1.29, 1.82) is 0 Å². The van der Waals surface area contributed by atoms with Crippen LogP contribution in [-0.4, -0.2) is 48.3 Å². The molecule has 0 aromatic rings. The fraction of sp³-hybridized carbons (Fsp3) is 0.571. The van der Waals surface area contributed by atoms with Crippen molar-refractivity contribution >= 4 is 29.4 Å². The Morgan fingerprint density at radius 3 is 2.86 bits per heavy atom. The van der Waals surface area contributed by atoms with Gasteiger partial charge in [0.1, 0.15) is 12.4 Å². The highest BCUT2D eigenvalue weighted by Gasteiger charge is 2.21. The minimum atomic E-state index is -0.578. The first kappa shape index (κ1) is 10.8. The van der Waals surface area contributed by atoms with Crippen LogP contribution in [0, 0.1) is 0 Å². The standard InChI is InChI=1S/C7H10ClN3O3/c8-3-5(12)10-7(14)11-2-1-9-6(13)4-11/h1-4H2,(H,9,13)(H,10,12,14). The summed E-state index contributed by atoms with van der Waals surface area (Å²) < 4.78 is 0. The van der Waals surface area contributed by atoms with E-state index in [0.29, 0.717) is 13.1 Å². The second-order valence-electron chi connectivity index (χ2n) is 2.76. The Hall–Kier alpha value is -1.30. The van der Waals surface area contributed by atoms with Crippen LogP contribution in [0.3, 0.4) is 0 Å². The van der Waals surface area contributed by atoms with Crippen LogP contribution >= 0.6 is 11.6 Å². The second-order valence-corrected chi connectivity index (χ2v) is 3.03. The van der Waals surface area contributed by atoms with Crippen LogP contribution in [0.1, 0.15) is 0 Å². The Morgan fingerprint density at radius 2 is 2.29 bits per heavy atom. The van der Waals surface area contributed by atoms with E-state index in [2.05, 4.69) is 10.6 Å². The number of alkyl halides is 1. The van der Waals surface area contributed by atoms with Crippen molar-refractivity contribution < 1.29 is 14.4 Å². The molecule has 1 aliphatic heterocycles. The van der Waals surface area contributed by atoms with Crippen molar-refractivity contribution in [3.05, 3.63) is 0 Å². The van der Waals surface area contributed by atoms with Crippen LogP contribution in [0.4, 0.5) is 4.79 Å². The molecule has 0 bridgehead atoms. The van der Waals surface area contributed by atoms with Crippen LogP contribution in [0.15, 0.2) is 0 Å². The molecule has 0 saturated carbocycles. The first-order valence-electron chi connectivity index (χ1n) is 4.05. The maximum Gasteiger partial charge on any atom is 0.324 e. The summed E-state index contributed by atoms with van der Waals surface area (Å²) in [5, 5.41) is 4.62. The van der Waals surface area contributed by atoms with E-state index in [0.717, 1.165) is 0 Å². The highest BCUT2D eigenvalue weighted by molar-refractivity contribution is 6.28. The van der Waals surface area contributed by atoms with E-state index in [1.54, 1.807) is 0 Å². The minimum absolute atomic E-state index is 0.0264. The van der Waals surface area contributed by atoms with Crippen molar-refractivity contribution in [2.75, 3.05) is 25.5 Å². The fourth-order valence-corrected chi connectivity index (χ4v) is 1.11. The number of halogens is 1. The van der Waals surface area contributed by atoms with E-state index >= 15 is 0 Å². The molecule has 4 amide bonds. The molecule has 14 heavy (non-hydrogen) atoms. The van der Waals surface area contributed by atoms with Gasteiger partial charge in [0.25, 0.3) is 0 Å². The molecular formula is C7H10ClN3O3. The van der Waals surface area contributed by atoms with Crippen molar-refractivity contribution in [1.82, 2.24) is 15.5 Å². The van der Waals surface area contributed by atoms with E-state index in [-0.39, 0.29) is 18.3 Å². The molecule has 2 N–H and O–H groups in total. The van der Waals surface area contributed by atoms with E-state index in [9.17, 15) is 14.4 Å². The lowest BCUT2D eigenvalue weighted by atomic mass is 10.4. The summed E-state index contributed by atoms with van der Waals surface area (Å²) in [5.74, 6) is -1.07. The Balaban J connectivity index is 2.43. The molecule has 1 aliphatic rings. The molecule has 0 unspecified atom stereocenters. The van der Waals surface area contributed by atoms with Gasteiger partial charge in [-0.05, 0) is 0 Å². The average Bonchev–Trinajstić information content (AvgIpc) is 2.17. The minimum Gasteiger partial charge on any atom is -0.353 e. The Bertz CT molecular complexity index is 269. The number of urea groups is 1. The SMILES string of the molecule is O=C1CN(C(=O)NC(=O)CCl)CCN1. The smallest absolute Gasteiger partial charge is 0.324 e. The van der Waals surface area contributed by atoms with E-state index in [1.165, 1.54) is 4.90 Å². The van der Waals surface area contributed by atoms with Crippen molar-refractivity contribution in [3.63, 3.8) is 0 Å². The summed E-state index contributed by atoms with van der Waals surface area (Å²) in [6.45, 7) is 0.774. The Kier molecular flexibility index (Phi) is 3.70. The van der Waals surface area contributed by atoms with Gasteiger partial charge in [-0.3, -0.25) is 14.9 Å². The van der Waals surface area contributed by atoms with Gasteiger partial charge in [-0.25, -0.2) is 4.79 Å². The van der Waals surface area contributed by atoms with Crippen molar-refractivity contribution in [3.8, 4) is 0 Å². The molecule has 78 valence electrons. The molecule has 1 saturated heterocycles. The Morgan fingerprint density at radius 1 is 1.57 bits per heavy atom. The normalized spacial score (nSPS) is 16.1. The van der Waals surface area contributed by atoms with Gasteiger partial charge in [0.15, 0.2) is 0 Å². The van der Waals surface area contributed by atoms with Crippen LogP contribution in [-0.2, 0) is 9.59 Å². The molecule has 0 radical (unpaired) electrons. The molecule has 7 heteroatoms. The van der Waals surface area contributed by atoms with Gasteiger partial charge in [-0.1, -0.05) is 0 Å². The van der Waals surface area contributed by atoms with Gasteiger partial charge in [0.2, 0.25) is 11.8 Å². The number of amides is 4. The van der Waals surface area contributed by atoms with E-state index < -0.39 is 11.9 Å². The second kappa shape index (κ2) is 4.80. The van der Waals surface area contributed by atoms with E-state index in [4.69, 9.17) is 11.6 Å². The number of nitrogens with one attached hydrogen (secondary N) is 2. The molecule has 0 aromatic carbocycles. The molecule has 0 aromatic heterocycles. The third kappa shape index (κ3) is 2.88. The van der Waals surface area contributed by atoms with Crippen LogP contribution in [0.2, 0.25) is 0 Å². The third-order valence-corrected chi connectivity index (χ3v) is 1.94. The van der Waals surface area contributed by atoms with Gasteiger partial charge < -0.3 is 10.2 Å². The molecule has 0 aliphatic carbocycles. The predicted octanol–water partition coefficient (Wildman–Crippen LogP) is -1.11. The number of nitrogens with zero attached hydrogens (tertiary/aromatic N) is 1. The summed E-state index contributed by atoms with van der Waals surface area (Å²) in [4.78, 5) is 34.2. The van der Waals surface area contributed by atoms with Crippen LogP contribution in [0.25, 0.3) is 0 Å². The molecular weight excluding hydrogens is 210 g/mol. The van der Waals surface area contributed by atoms with Crippen molar-refractivity contribution in [2.45, 2.75) is 0 Å². The number of carbonyl (C=O) groups is 3. The molecule has 6 nitrogen and oxygen atoms in total. The zero-order valence-electron chi connectivity index (χ0n) is 7.38. The average molecular weight is 220 g/mol. The number of carbonyl (C=O) groups excluding carboxylic acids is 3. The zero-order chi connectivity index (χ0) is 10.6. The first-order valence-corrected chi connectivity index (χ1v) is 4.58. The van der Waals surface area contributed by atoms with Gasteiger partial charge in [0.05, 0.1) is 0 Å². The summed E-state index contributed by atoms with van der Waals surface area (Å²) >= 11 is 5.20. The number of hydrogen-bond donors (Lipinski definition) is 2. The third-order valence-electron chi connectivity index (χ3n) is 1.69. The zero-order valence-corrected chi connectivity index (χ0v) is 8.13. The lowest BCUT2D eigenvalue weighted by Gasteiger charge is -2.26. The van der Waals surface area contributed by atoms with Gasteiger partial charge >= 0.3 is 6.03 Å². The monoisotopic (exact) mass is 219 g/mol. The lowest BCUT2D eigenvalue weighted by molar-refractivity contribution is -0.124. The summed E-state index contributed by atoms with van der Waals surface area (Å²) in [5.41, 5.74) is 0. The van der Waals surface area contributed by atoms with E-state index in [1.807, 2.05) is 0 Å². The molecule has 1 heterocycles. The lowest BCUT2D eigenvalue weighted by Crippen LogP contribution is -2.54. The number of hydrogen-bond acceptors (Lipinski definition) is 3. The highest BCUT2D eigenvalue weighted by Crippen LogP contribution is 1.93. The van der Waals surface area contributed by atoms with Crippen LogP contribution < -0.4 is 10.6 Å². The summed E-state index contributed by atoms with van der Waals surface area (Å²) in [6, 6.07) is -0.578. The quantitative estimate of drug-likeness (QED) is 0.549. The van der Waals surface area contributed by atoms with Crippen LogP contribution in [0.5, 0.6) is 0 Å². The maximum absolute atomic E-state index is 11.3. The molecule has 0 spiro atoms. The maximum atomic E-state index is 11.3. The van der Waals surface area contributed by atoms with Gasteiger partial charge in [-0.15, -0.1) is 11.6 Å². The largest absolute Gasteiger partial charge is 0.353 e. The molecule has 1 fully saturated rings. The van der Waals surface area contributed by atoms with Crippen molar-refractivity contribution in [2.24, 2.45) is 0 Å². The topological polar surface area (TPSA) is 78.5 Å². The first-order chi connectivity index (χ1) is 6.63. The number of piperazine rings is 1. The summed E-state index contributed by atoms with van der Waals surface area (Å²) in [7, 11) is 0. The predicted molar refractivity (Wildman–Crippen MR) is 48.8 cm³/mol. The van der Waals surface area contributed by atoms with Gasteiger partial charge in [-0.2, -0.15) is 0 Å². The Labute approximate surface area is 85.6 Å². The molecule has 1 rings (SSSR count). The summed E-state index contributed by atoms with van der Waals surface area (Å²) in [6.07, 6.45) is 0. The highest BCUT2D eigenvalue weighted by atomic mass is 35.5.